The van der Waals surface area contributed by atoms with E-state index < -0.39 is 0 Å². The van der Waals surface area contributed by atoms with Gasteiger partial charge in [0.15, 0.2) is 0 Å². The highest BCUT2D eigenvalue weighted by molar-refractivity contribution is 5.44. The summed E-state index contributed by atoms with van der Waals surface area (Å²) in [6.07, 6.45) is 1.04. The van der Waals surface area contributed by atoms with Crippen molar-refractivity contribution in [2.45, 2.75) is 13.0 Å². The van der Waals surface area contributed by atoms with E-state index in [1.807, 2.05) is 0 Å². The Morgan fingerprint density at radius 3 is 2.45 bits per heavy atom. The number of nitrogens with one attached hydrogen (secondary N) is 1. The van der Waals surface area contributed by atoms with Crippen LogP contribution < -0.4 is 5.32 Å². The quantitative estimate of drug-likeness (QED) is 0.770. The lowest BCUT2D eigenvalue weighted by atomic mass is 10.2. The van der Waals surface area contributed by atoms with E-state index in [-0.39, 0.29) is 0 Å². The number of hydrogen-bond acceptors (Lipinski definition) is 4. The number of methoxy groups -OCH3 is 1. The predicted octanol–water partition coefficient (Wildman–Crippen LogP) is 1.88. The predicted molar refractivity (Wildman–Crippen MR) is 84.2 cm³/mol. The van der Waals surface area contributed by atoms with E-state index >= 15 is 0 Å². The first-order chi connectivity index (χ1) is 9.78. The second-order valence-corrected chi connectivity index (χ2v) is 5.55. The molecule has 112 valence electrons. The lowest BCUT2D eigenvalue weighted by Crippen LogP contribution is -2.43. The molecule has 1 N–H and O–H groups in total. The lowest BCUT2D eigenvalue weighted by Gasteiger charge is -2.32. The highest BCUT2D eigenvalue weighted by atomic mass is 16.5. The van der Waals surface area contributed by atoms with Crippen molar-refractivity contribution in [1.82, 2.24) is 9.80 Å². The summed E-state index contributed by atoms with van der Waals surface area (Å²) in [5, 5.41) is 3.42. The third-order valence-corrected chi connectivity index (χ3v) is 3.81. The van der Waals surface area contributed by atoms with E-state index in [1.54, 1.807) is 7.11 Å². The molecule has 0 bridgehead atoms. The van der Waals surface area contributed by atoms with Crippen molar-refractivity contribution in [3.63, 3.8) is 0 Å². The Balaban J connectivity index is 1.73. The van der Waals surface area contributed by atoms with Gasteiger partial charge >= 0.3 is 0 Å². The van der Waals surface area contributed by atoms with Gasteiger partial charge in [-0.3, -0.25) is 4.90 Å². The molecule has 0 unspecified atom stereocenters. The molecule has 20 heavy (non-hydrogen) atoms. The molecular formula is C16H27N3O. The van der Waals surface area contributed by atoms with Crippen molar-refractivity contribution in [1.29, 1.82) is 0 Å². The number of piperazine rings is 1. The second-order valence-electron chi connectivity index (χ2n) is 5.55. The van der Waals surface area contributed by atoms with Crippen LogP contribution in [-0.4, -0.2) is 63.3 Å². The molecule has 0 saturated carbocycles. The third-order valence-electron chi connectivity index (χ3n) is 3.81. The van der Waals surface area contributed by atoms with Gasteiger partial charge in [0, 0.05) is 58.7 Å². The van der Waals surface area contributed by atoms with Gasteiger partial charge in [-0.2, -0.15) is 0 Å². The van der Waals surface area contributed by atoms with Gasteiger partial charge in [0.05, 0.1) is 0 Å². The van der Waals surface area contributed by atoms with Crippen LogP contribution in [0.5, 0.6) is 0 Å². The van der Waals surface area contributed by atoms with Gasteiger partial charge in [-0.05, 0) is 31.2 Å². The summed E-state index contributed by atoms with van der Waals surface area (Å²) in [4.78, 5) is 4.92. The molecule has 0 aromatic heterocycles. The molecule has 0 aliphatic carbocycles. The van der Waals surface area contributed by atoms with Crippen LogP contribution in [0.4, 0.5) is 5.69 Å². The molecule has 2 rings (SSSR count). The van der Waals surface area contributed by atoms with Crippen LogP contribution in [0, 0.1) is 0 Å². The van der Waals surface area contributed by atoms with Gasteiger partial charge < -0.3 is 15.0 Å². The van der Waals surface area contributed by atoms with E-state index in [0.29, 0.717) is 0 Å². The fourth-order valence-corrected chi connectivity index (χ4v) is 2.44. The molecular weight excluding hydrogens is 250 g/mol. The monoisotopic (exact) mass is 277 g/mol. The summed E-state index contributed by atoms with van der Waals surface area (Å²) < 4.78 is 5.04. The molecule has 1 fully saturated rings. The van der Waals surface area contributed by atoms with Gasteiger partial charge in [0.1, 0.15) is 0 Å². The van der Waals surface area contributed by atoms with Crippen LogP contribution in [0.25, 0.3) is 0 Å². The Bertz CT molecular complexity index is 372. The average molecular weight is 277 g/mol. The Morgan fingerprint density at radius 1 is 1.10 bits per heavy atom. The van der Waals surface area contributed by atoms with E-state index in [2.05, 4.69) is 46.4 Å². The van der Waals surface area contributed by atoms with Crippen LogP contribution in [0.3, 0.4) is 0 Å². The molecule has 1 heterocycles. The number of hydrogen-bond donors (Lipinski definition) is 1. The van der Waals surface area contributed by atoms with Crippen molar-refractivity contribution in [3.8, 4) is 0 Å². The smallest absolute Gasteiger partial charge is 0.0479 e. The summed E-state index contributed by atoms with van der Waals surface area (Å²) in [5.41, 5.74) is 2.60. The highest BCUT2D eigenvalue weighted by Gasteiger charge is 2.13. The van der Waals surface area contributed by atoms with E-state index in [9.17, 15) is 0 Å². The fraction of sp³-hybridized carbons (Fsp3) is 0.625. The zero-order chi connectivity index (χ0) is 14.2. The first-order valence-electron chi connectivity index (χ1n) is 7.50. The summed E-state index contributed by atoms with van der Waals surface area (Å²) in [5.74, 6) is 0. The summed E-state index contributed by atoms with van der Waals surface area (Å²) in [6, 6.07) is 8.82. The largest absolute Gasteiger partial charge is 0.385 e. The Morgan fingerprint density at radius 2 is 1.80 bits per heavy atom. The lowest BCUT2D eigenvalue weighted by molar-refractivity contribution is 0.148. The number of likely N-dealkylation sites (N-methyl/N-ethyl adjacent to an activating group) is 1. The van der Waals surface area contributed by atoms with E-state index in [4.69, 9.17) is 4.74 Å². The normalized spacial score (nSPS) is 17.3. The van der Waals surface area contributed by atoms with Crippen LogP contribution in [0.2, 0.25) is 0 Å². The van der Waals surface area contributed by atoms with Gasteiger partial charge in [-0.1, -0.05) is 12.1 Å². The standard InChI is InChI=1S/C16H27N3O/c1-18-9-11-19(12-10-18)14-15-4-6-16(7-5-15)17-8-3-13-20-2/h4-7,17H,3,8-14H2,1-2H3. The summed E-state index contributed by atoms with van der Waals surface area (Å²) >= 11 is 0. The number of anilines is 1. The van der Waals surface area contributed by atoms with Crippen molar-refractivity contribution in [2.24, 2.45) is 0 Å². The van der Waals surface area contributed by atoms with Gasteiger partial charge in [0.25, 0.3) is 0 Å². The SMILES string of the molecule is COCCCNc1ccc(CN2CCN(C)CC2)cc1. The summed E-state index contributed by atoms with van der Waals surface area (Å²) in [6.45, 7) is 7.55. The van der Waals surface area contributed by atoms with Crippen molar-refractivity contribution >= 4 is 5.69 Å². The summed E-state index contributed by atoms with van der Waals surface area (Å²) in [7, 11) is 3.94. The first-order valence-corrected chi connectivity index (χ1v) is 7.50. The van der Waals surface area contributed by atoms with Gasteiger partial charge in [0.2, 0.25) is 0 Å². The first kappa shape index (κ1) is 15.3. The molecule has 0 radical (unpaired) electrons. The molecule has 0 atom stereocenters. The molecule has 0 amide bonds. The van der Waals surface area contributed by atoms with E-state index in [1.165, 1.54) is 37.4 Å². The second kappa shape index (κ2) is 8.25. The zero-order valence-electron chi connectivity index (χ0n) is 12.8. The van der Waals surface area contributed by atoms with E-state index in [0.717, 1.165) is 26.1 Å². The maximum atomic E-state index is 5.04. The molecule has 4 heteroatoms. The molecule has 1 aliphatic rings. The van der Waals surface area contributed by atoms with Crippen LogP contribution in [0.1, 0.15) is 12.0 Å². The van der Waals surface area contributed by atoms with Crippen molar-refractivity contribution < 1.29 is 4.74 Å². The maximum Gasteiger partial charge on any atom is 0.0479 e. The third kappa shape index (κ3) is 5.12. The Labute approximate surface area is 122 Å². The Hall–Kier alpha value is -1.10. The Kier molecular flexibility index (Phi) is 6.30. The molecule has 1 aliphatic heterocycles. The molecule has 0 spiro atoms. The fourth-order valence-electron chi connectivity index (χ4n) is 2.44. The number of benzene rings is 1. The van der Waals surface area contributed by atoms with Crippen LogP contribution in [0.15, 0.2) is 24.3 Å². The number of ether oxygens (including phenoxy) is 1. The van der Waals surface area contributed by atoms with Crippen LogP contribution >= 0.6 is 0 Å². The number of rotatable bonds is 7. The molecule has 1 aromatic carbocycles. The molecule has 4 nitrogen and oxygen atoms in total. The minimum Gasteiger partial charge on any atom is -0.385 e. The molecule has 1 saturated heterocycles. The minimum atomic E-state index is 0.814. The topological polar surface area (TPSA) is 27.7 Å². The van der Waals surface area contributed by atoms with Crippen LogP contribution in [-0.2, 0) is 11.3 Å². The van der Waals surface area contributed by atoms with Crippen molar-refractivity contribution in [2.75, 3.05) is 58.8 Å². The van der Waals surface area contributed by atoms with Gasteiger partial charge in [-0.15, -0.1) is 0 Å². The average Bonchev–Trinajstić information content (AvgIpc) is 2.48. The minimum absolute atomic E-state index is 0.814. The maximum absolute atomic E-state index is 5.04. The van der Waals surface area contributed by atoms with Crippen molar-refractivity contribution in [3.05, 3.63) is 29.8 Å². The highest BCUT2D eigenvalue weighted by Crippen LogP contribution is 2.12. The zero-order valence-corrected chi connectivity index (χ0v) is 12.8. The molecule has 1 aromatic rings. The number of nitrogens with zero attached hydrogens (tertiary/aromatic N) is 2. The van der Waals surface area contributed by atoms with Gasteiger partial charge in [-0.25, -0.2) is 0 Å².